The van der Waals surface area contributed by atoms with Crippen LogP contribution in [0, 0.1) is 0 Å². The Hall–Kier alpha value is -3.73. The molecule has 2 aromatic carbocycles. The molecule has 0 bridgehead atoms. The lowest BCUT2D eigenvalue weighted by Crippen LogP contribution is -2.39. The number of carbonyl (C=O) groups excluding carboxylic acids is 1. The number of carbonyl (C=O) groups is 1. The summed E-state index contributed by atoms with van der Waals surface area (Å²) in [5.74, 6) is 2.50. The van der Waals surface area contributed by atoms with Gasteiger partial charge in [0.15, 0.2) is 17.4 Å². The zero-order valence-electron chi connectivity index (χ0n) is 20.7. The molecule has 3 aromatic rings. The molecular weight excluding hydrogens is 474 g/mol. The molecule has 5 rings (SSSR count). The number of morpholine rings is 2. The van der Waals surface area contributed by atoms with E-state index in [1.165, 1.54) is 0 Å². The maximum Gasteiger partial charge on any atom is 0.417 e. The maximum absolute atomic E-state index is 12.2. The van der Waals surface area contributed by atoms with Crippen molar-refractivity contribution in [3.63, 3.8) is 0 Å². The highest BCUT2D eigenvalue weighted by atomic mass is 16.6. The van der Waals surface area contributed by atoms with Crippen molar-refractivity contribution >= 4 is 17.6 Å². The summed E-state index contributed by atoms with van der Waals surface area (Å²) in [6, 6.07) is 16.3. The molecular formula is C27H31N5O5. The molecule has 10 nitrogen and oxygen atoms in total. The SMILES string of the molecule is O=C(Nc1ccc(-c2ncc(OCCN3CCOCC3)c(N3CCOCC3)n2)cc1)Oc1ccccc1. The first kappa shape index (κ1) is 24.9. The van der Waals surface area contributed by atoms with Gasteiger partial charge in [0, 0.05) is 44.0 Å². The van der Waals surface area contributed by atoms with Gasteiger partial charge in [-0.3, -0.25) is 10.2 Å². The van der Waals surface area contributed by atoms with Crippen molar-refractivity contribution in [3.05, 3.63) is 60.8 Å². The van der Waals surface area contributed by atoms with Gasteiger partial charge >= 0.3 is 6.09 Å². The maximum atomic E-state index is 12.2. The fourth-order valence-corrected chi connectivity index (χ4v) is 4.16. The number of rotatable bonds is 8. The highest BCUT2D eigenvalue weighted by Crippen LogP contribution is 2.29. The van der Waals surface area contributed by atoms with Crippen molar-refractivity contribution < 1.29 is 23.7 Å². The van der Waals surface area contributed by atoms with E-state index in [-0.39, 0.29) is 0 Å². The van der Waals surface area contributed by atoms with Crippen LogP contribution in [0.15, 0.2) is 60.8 Å². The van der Waals surface area contributed by atoms with Crippen LogP contribution in [-0.2, 0) is 9.47 Å². The average molecular weight is 506 g/mol. The highest BCUT2D eigenvalue weighted by Gasteiger charge is 2.20. The minimum Gasteiger partial charge on any atom is -0.487 e. The standard InChI is InChI=1S/C27H31N5O5/c33-27(37-23-4-2-1-3-5-23)29-22-8-6-21(7-9-22)25-28-20-24(26(30-25)32-13-17-35-18-14-32)36-19-12-31-10-15-34-16-11-31/h1-9,20H,10-19H2,(H,29,33). The second-order valence-electron chi connectivity index (χ2n) is 8.69. The Balaban J connectivity index is 1.26. The molecule has 10 heteroatoms. The number of hydrogen-bond acceptors (Lipinski definition) is 9. The Morgan fingerprint density at radius 3 is 2.35 bits per heavy atom. The van der Waals surface area contributed by atoms with Gasteiger partial charge in [0.25, 0.3) is 0 Å². The first-order valence-electron chi connectivity index (χ1n) is 12.5. The Bertz CT molecular complexity index is 1150. The number of nitrogens with zero attached hydrogens (tertiary/aromatic N) is 4. The molecule has 0 unspecified atom stereocenters. The number of ether oxygens (including phenoxy) is 4. The van der Waals surface area contributed by atoms with Gasteiger partial charge in [0.05, 0.1) is 32.6 Å². The molecule has 0 atom stereocenters. The zero-order valence-corrected chi connectivity index (χ0v) is 20.7. The normalized spacial score (nSPS) is 16.3. The summed E-state index contributed by atoms with van der Waals surface area (Å²) >= 11 is 0. The number of aromatic nitrogens is 2. The molecule has 2 saturated heterocycles. The summed E-state index contributed by atoms with van der Waals surface area (Å²) in [5.41, 5.74) is 1.44. The minimum atomic E-state index is -0.552. The predicted octanol–water partition coefficient (Wildman–Crippen LogP) is 3.30. The van der Waals surface area contributed by atoms with Crippen LogP contribution in [0.5, 0.6) is 11.5 Å². The summed E-state index contributed by atoms with van der Waals surface area (Å²) in [6.45, 7) is 7.52. The molecule has 1 N–H and O–H groups in total. The number of anilines is 2. The van der Waals surface area contributed by atoms with Gasteiger partial charge in [-0.1, -0.05) is 18.2 Å². The molecule has 37 heavy (non-hydrogen) atoms. The van der Waals surface area contributed by atoms with E-state index >= 15 is 0 Å². The fraction of sp³-hybridized carbons (Fsp3) is 0.370. The van der Waals surface area contributed by atoms with E-state index in [0.29, 0.717) is 42.8 Å². The number of benzene rings is 2. The third-order valence-corrected chi connectivity index (χ3v) is 6.16. The Kier molecular flexibility index (Phi) is 8.42. The molecule has 3 heterocycles. The van der Waals surface area contributed by atoms with Crippen molar-refractivity contribution in [1.29, 1.82) is 0 Å². The summed E-state index contributed by atoms with van der Waals surface area (Å²) < 4.78 is 22.4. The summed E-state index contributed by atoms with van der Waals surface area (Å²) in [4.78, 5) is 26.1. The quantitative estimate of drug-likeness (QED) is 0.494. The van der Waals surface area contributed by atoms with Gasteiger partial charge in [0.2, 0.25) is 0 Å². The highest BCUT2D eigenvalue weighted by molar-refractivity contribution is 5.86. The average Bonchev–Trinajstić information content (AvgIpc) is 2.95. The molecule has 1 amide bonds. The Labute approximate surface area is 216 Å². The zero-order chi connectivity index (χ0) is 25.3. The number of amides is 1. The van der Waals surface area contributed by atoms with Crippen molar-refractivity contribution in [1.82, 2.24) is 14.9 Å². The summed E-state index contributed by atoms with van der Waals surface area (Å²) in [6.07, 6.45) is 1.19. The second kappa shape index (κ2) is 12.5. The van der Waals surface area contributed by atoms with Crippen molar-refractivity contribution in [2.24, 2.45) is 0 Å². The Morgan fingerprint density at radius 2 is 1.62 bits per heavy atom. The fourth-order valence-electron chi connectivity index (χ4n) is 4.16. The summed E-state index contributed by atoms with van der Waals surface area (Å²) in [5, 5.41) is 2.74. The molecule has 0 saturated carbocycles. The van der Waals surface area contributed by atoms with Crippen LogP contribution in [0.2, 0.25) is 0 Å². The van der Waals surface area contributed by atoms with Crippen LogP contribution in [0.3, 0.4) is 0 Å². The molecule has 2 fully saturated rings. The number of hydrogen-bond donors (Lipinski definition) is 1. The molecule has 0 aliphatic carbocycles. The molecule has 2 aliphatic rings. The van der Waals surface area contributed by atoms with E-state index in [2.05, 4.69) is 20.1 Å². The first-order chi connectivity index (χ1) is 18.2. The van der Waals surface area contributed by atoms with Crippen molar-refractivity contribution in [2.75, 3.05) is 76.0 Å². The monoisotopic (exact) mass is 505 g/mol. The lowest BCUT2D eigenvalue weighted by atomic mass is 10.2. The molecule has 0 radical (unpaired) electrons. The minimum absolute atomic E-state index is 0.480. The number of nitrogens with one attached hydrogen (secondary N) is 1. The molecule has 1 aromatic heterocycles. The van der Waals surface area contributed by atoms with E-state index in [4.69, 9.17) is 23.9 Å². The molecule has 0 spiro atoms. The largest absolute Gasteiger partial charge is 0.487 e. The van der Waals surface area contributed by atoms with Gasteiger partial charge in [-0.05, 0) is 36.4 Å². The van der Waals surface area contributed by atoms with Crippen LogP contribution in [0.1, 0.15) is 0 Å². The van der Waals surface area contributed by atoms with Crippen LogP contribution in [0.4, 0.5) is 16.3 Å². The second-order valence-corrected chi connectivity index (χ2v) is 8.69. The third kappa shape index (κ3) is 6.94. The van der Waals surface area contributed by atoms with Gasteiger partial charge in [0.1, 0.15) is 12.4 Å². The van der Waals surface area contributed by atoms with Crippen molar-refractivity contribution in [3.8, 4) is 22.9 Å². The van der Waals surface area contributed by atoms with E-state index in [1.54, 1.807) is 30.5 Å². The van der Waals surface area contributed by atoms with E-state index in [1.807, 2.05) is 30.3 Å². The Morgan fingerprint density at radius 1 is 0.919 bits per heavy atom. The van der Waals surface area contributed by atoms with Gasteiger partial charge < -0.3 is 23.8 Å². The van der Waals surface area contributed by atoms with Crippen LogP contribution in [0.25, 0.3) is 11.4 Å². The van der Waals surface area contributed by atoms with Crippen molar-refractivity contribution in [2.45, 2.75) is 0 Å². The van der Waals surface area contributed by atoms with Crippen LogP contribution < -0.4 is 19.7 Å². The number of para-hydroxylation sites is 1. The first-order valence-corrected chi connectivity index (χ1v) is 12.5. The smallest absolute Gasteiger partial charge is 0.417 e. The molecule has 2 aliphatic heterocycles. The van der Waals surface area contributed by atoms with Gasteiger partial charge in [-0.2, -0.15) is 0 Å². The van der Waals surface area contributed by atoms with E-state index < -0.39 is 6.09 Å². The van der Waals surface area contributed by atoms with E-state index in [0.717, 1.165) is 57.3 Å². The predicted molar refractivity (Wildman–Crippen MR) is 139 cm³/mol. The molecule has 194 valence electrons. The lowest BCUT2D eigenvalue weighted by molar-refractivity contribution is 0.0322. The summed E-state index contributed by atoms with van der Waals surface area (Å²) in [7, 11) is 0. The lowest BCUT2D eigenvalue weighted by Gasteiger charge is -2.30. The topological polar surface area (TPSA) is 98.3 Å². The van der Waals surface area contributed by atoms with Crippen LogP contribution >= 0.6 is 0 Å². The van der Waals surface area contributed by atoms with Crippen LogP contribution in [-0.4, -0.2) is 86.7 Å². The van der Waals surface area contributed by atoms with Gasteiger partial charge in [-0.15, -0.1) is 0 Å². The van der Waals surface area contributed by atoms with Gasteiger partial charge in [-0.25, -0.2) is 14.8 Å². The van der Waals surface area contributed by atoms with E-state index in [9.17, 15) is 4.79 Å². The third-order valence-electron chi connectivity index (χ3n) is 6.16.